The van der Waals surface area contributed by atoms with E-state index >= 15 is 0 Å². The van der Waals surface area contributed by atoms with Gasteiger partial charge in [0, 0.05) is 38.0 Å². The highest BCUT2D eigenvalue weighted by Crippen LogP contribution is 2.36. The maximum Gasteiger partial charge on any atom is 0.267 e. The van der Waals surface area contributed by atoms with Crippen LogP contribution in [0.1, 0.15) is 24.8 Å². The smallest absolute Gasteiger partial charge is 0.267 e. The first-order valence-electron chi connectivity index (χ1n) is 10.3. The van der Waals surface area contributed by atoms with E-state index in [-0.39, 0.29) is 31.4 Å². The number of para-hydroxylation sites is 1. The highest BCUT2D eigenvalue weighted by atomic mass is 19.3. The Morgan fingerprint density at radius 3 is 2.87 bits per heavy atom. The van der Waals surface area contributed by atoms with Crippen molar-refractivity contribution in [2.24, 2.45) is 0 Å². The van der Waals surface area contributed by atoms with Crippen LogP contribution in [0.5, 0.6) is 5.75 Å². The molecule has 0 radical (unpaired) electrons. The molecule has 5 atom stereocenters. The van der Waals surface area contributed by atoms with Gasteiger partial charge in [0.05, 0.1) is 38.4 Å². The second-order valence-corrected chi connectivity index (χ2v) is 8.23. The number of rotatable bonds is 7. The zero-order valence-electron chi connectivity index (χ0n) is 16.9. The first-order valence-corrected chi connectivity index (χ1v) is 10.3. The number of alkyl halides is 2. The standard InChI is InChI=1S/C21H28F2N2O5/c1-28-15-5-3-2-4-13(15)10-24-11-17-19(27)20-16(30-17)8-14(29-20)9-18(26)25-7-6-21(22,23)12-25/h2-5,14,16-17,19-20,24,27H,6-12H2,1H3. The molecule has 9 heteroatoms. The highest BCUT2D eigenvalue weighted by molar-refractivity contribution is 5.77. The number of hydrogen-bond acceptors (Lipinski definition) is 6. The van der Waals surface area contributed by atoms with Crippen molar-refractivity contribution in [3.63, 3.8) is 0 Å². The van der Waals surface area contributed by atoms with Crippen LogP contribution in [0.4, 0.5) is 8.78 Å². The summed E-state index contributed by atoms with van der Waals surface area (Å²) in [4.78, 5) is 13.5. The Bertz CT molecular complexity index is 765. The molecular weight excluding hydrogens is 398 g/mol. The molecule has 4 rings (SSSR count). The second-order valence-electron chi connectivity index (χ2n) is 8.23. The van der Waals surface area contributed by atoms with Crippen LogP contribution in [0.3, 0.4) is 0 Å². The molecule has 2 N–H and O–H groups in total. The lowest BCUT2D eigenvalue weighted by molar-refractivity contribution is -0.135. The van der Waals surface area contributed by atoms with E-state index in [4.69, 9.17) is 14.2 Å². The highest BCUT2D eigenvalue weighted by Gasteiger charge is 2.51. The van der Waals surface area contributed by atoms with Crippen LogP contribution >= 0.6 is 0 Å². The van der Waals surface area contributed by atoms with Gasteiger partial charge in [0.2, 0.25) is 5.91 Å². The Kier molecular flexibility index (Phi) is 6.24. The molecule has 1 aromatic carbocycles. The van der Waals surface area contributed by atoms with Gasteiger partial charge in [0.25, 0.3) is 5.92 Å². The summed E-state index contributed by atoms with van der Waals surface area (Å²) in [6.45, 7) is 0.571. The fraction of sp³-hybridized carbons (Fsp3) is 0.667. The minimum atomic E-state index is -2.80. The third kappa shape index (κ3) is 4.59. The Labute approximate surface area is 174 Å². The van der Waals surface area contributed by atoms with Crippen molar-refractivity contribution in [1.82, 2.24) is 10.2 Å². The number of aliphatic hydroxyl groups is 1. The van der Waals surface area contributed by atoms with Crippen molar-refractivity contribution >= 4 is 5.91 Å². The molecule has 1 aromatic rings. The number of aliphatic hydroxyl groups excluding tert-OH is 1. The number of halogens is 2. The van der Waals surface area contributed by atoms with Gasteiger partial charge in [-0.05, 0) is 6.07 Å². The molecule has 0 spiro atoms. The number of hydrogen-bond donors (Lipinski definition) is 2. The summed E-state index contributed by atoms with van der Waals surface area (Å²) in [5.74, 6) is -2.34. The predicted octanol–water partition coefficient (Wildman–Crippen LogP) is 1.33. The molecule has 7 nitrogen and oxygen atoms in total. The van der Waals surface area contributed by atoms with E-state index in [1.807, 2.05) is 24.3 Å². The van der Waals surface area contributed by atoms with E-state index in [1.54, 1.807) is 7.11 Å². The van der Waals surface area contributed by atoms with Crippen LogP contribution in [0.2, 0.25) is 0 Å². The first-order chi connectivity index (χ1) is 14.4. The molecule has 3 heterocycles. The lowest BCUT2D eigenvalue weighted by atomic mass is 10.1. The van der Waals surface area contributed by atoms with Crippen LogP contribution in [0.15, 0.2) is 24.3 Å². The minimum Gasteiger partial charge on any atom is -0.496 e. The molecule has 3 aliphatic heterocycles. The van der Waals surface area contributed by atoms with Gasteiger partial charge in [-0.15, -0.1) is 0 Å². The molecule has 1 amide bonds. The summed E-state index contributed by atoms with van der Waals surface area (Å²) in [6, 6.07) is 7.69. The summed E-state index contributed by atoms with van der Waals surface area (Å²) < 4.78 is 43.8. The zero-order chi connectivity index (χ0) is 21.3. The number of amides is 1. The maximum absolute atomic E-state index is 13.3. The first kappa shape index (κ1) is 21.4. The summed E-state index contributed by atoms with van der Waals surface area (Å²) in [6.07, 6.45) is -2.21. The number of likely N-dealkylation sites (tertiary alicyclic amines) is 1. The third-order valence-electron chi connectivity index (χ3n) is 6.06. The number of methoxy groups -OCH3 is 1. The van der Waals surface area contributed by atoms with Crippen LogP contribution in [0, 0.1) is 0 Å². The maximum atomic E-state index is 13.3. The van der Waals surface area contributed by atoms with Gasteiger partial charge in [-0.25, -0.2) is 8.78 Å². The predicted molar refractivity (Wildman–Crippen MR) is 103 cm³/mol. The van der Waals surface area contributed by atoms with Crippen LogP contribution in [-0.2, 0) is 20.8 Å². The number of benzene rings is 1. The Hall–Kier alpha value is -1.81. The number of carbonyl (C=O) groups excluding carboxylic acids is 1. The molecule has 0 saturated carbocycles. The lowest BCUT2D eigenvalue weighted by Crippen LogP contribution is -2.39. The van der Waals surface area contributed by atoms with E-state index in [9.17, 15) is 18.7 Å². The quantitative estimate of drug-likeness (QED) is 0.685. The monoisotopic (exact) mass is 426 g/mol. The molecule has 0 aliphatic carbocycles. The largest absolute Gasteiger partial charge is 0.496 e. The van der Waals surface area contributed by atoms with Crippen molar-refractivity contribution in [1.29, 1.82) is 0 Å². The zero-order valence-corrected chi connectivity index (χ0v) is 16.9. The summed E-state index contributed by atoms with van der Waals surface area (Å²) in [7, 11) is 1.62. The number of nitrogens with zero attached hydrogens (tertiary/aromatic N) is 1. The van der Waals surface area contributed by atoms with Crippen molar-refractivity contribution in [2.45, 2.75) is 62.2 Å². The topological polar surface area (TPSA) is 80.3 Å². The van der Waals surface area contributed by atoms with Crippen molar-refractivity contribution in [3.8, 4) is 5.75 Å². The molecule has 0 aromatic heterocycles. The third-order valence-corrected chi connectivity index (χ3v) is 6.06. The second kappa shape index (κ2) is 8.74. The fourth-order valence-electron chi connectivity index (χ4n) is 4.48. The summed E-state index contributed by atoms with van der Waals surface area (Å²) >= 11 is 0. The molecule has 0 bridgehead atoms. The van der Waals surface area contributed by atoms with Crippen LogP contribution < -0.4 is 10.1 Å². The SMILES string of the molecule is COc1ccccc1CNCC1OC2CC(CC(=O)N3CCC(F)(F)C3)OC2C1O. The van der Waals surface area contributed by atoms with Gasteiger partial charge in [-0.3, -0.25) is 4.79 Å². The minimum absolute atomic E-state index is 0.0376. The van der Waals surface area contributed by atoms with Gasteiger partial charge in [-0.1, -0.05) is 18.2 Å². The van der Waals surface area contributed by atoms with Crippen LogP contribution in [-0.4, -0.2) is 79.1 Å². The number of carbonyl (C=O) groups is 1. The van der Waals surface area contributed by atoms with Gasteiger partial charge in [0.15, 0.2) is 0 Å². The molecule has 30 heavy (non-hydrogen) atoms. The van der Waals surface area contributed by atoms with Crippen molar-refractivity contribution in [3.05, 3.63) is 29.8 Å². The molecule has 3 fully saturated rings. The molecular formula is C21H28F2N2O5. The molecule has 3 aliphatic rings. The molecule has 166 valence electrons. The molecule has 3 saturated heterocycles. The summed E-state index contributed by atoms with van der Waals surface area (Å²) in [5, 5.41) is 13.9. The Morgan fingerprint density at radius 2 is 2.17 bits per heavy atom. The van der Waals surface area contributed by atoms with Gasteiger partial charge in [-0.2, -0.15) is 0 Å². The van der Waals surface area contributed by atoms with Gasteiger partial charge in [0.1, 0.15) is 18.0 Å². The van der Waals surface area contributed by atoms with Gasteiger partial charge < -0.3 is 29.5 Å². The average Bonchev–Trinajstić information content (AvgIpc) is 3.36. The van der Waals surface area contributed by atoms with E-state index in [1.165, 1.54) is 4.90 Å². The average molecular weight is 426 g/mol. The van der Waals surface area contributed by atoms with Crippen molar-refractivity contribution < 1.29 is 32.9 Å². The van der Waals surface area contributed by atoms with Crippen LogP contribution in [0.25, 0.3) is 0 Å². The van der Waals surface area contributed by atoms with E-state index in [0.717, 1.165) is 11.3 Å². The number of ether oxygens (including phenoxy) is 3. The number of nitrogens with one attached hydrogen (secondary N) is 1. The van der Waals surface area contributed by atoms with Gasteiger partial charge >= 0.3 is 0 Å². The van der Waals surface area contributed by atoms with Crippen molar-refractivity contribution in [2.75, 3.05) is 26.7 Å². The molecule has 5 unspecified atom stereocenters. The summed E-state index contributed by atoms with van der Waals surface area (Å²) in [5.41, 5.74) is 1.01. The number of fused-ring (bicyclic) bond motifs is 1. The van der Waals surface area contributed by atoms with E-state index < -0.39 is 36.9 Å². The van der Waals surface area contributed by atoms with E-state index in [2.05, 4.69) is 5.32 Å². The van der Waals surface area contributed by atoms with E-state index in [0.29, 0.717) is 19.5 Å². The lowest BCUT2D eigenvalue weighted by Gasteiger charge is -2.22. The normalized spacial score (nSPS) is 32.4. The Balaban J connectivity index is 1.22. The Morgan fingerprint density at radius 1 is 1.37 bits per heavy atom. The fourth-order valence-corrected chi connectivity index (χ4v) is 4.48.